The summed E-state index contributed by atoms with van der Waals surface area (Å²) in [5, 5.41) is 11.2. The van der Waals surface area contributed by atoms with Crippen LogP contribution in [0.4, 0.5) is 0 Å². The van der Waals surface area contributed by atoms with Gasteiger partial charge in [0.15, 0.2) is 11.5 Å². The van der Waals surface area contributed by atoms with Gasteiger partial charge in [-0.25, -0.2) is 0 Å². The number of hydrogen-bond donors (Lipinski definition) is 1. The Kier molecular flexibility index (Phi) is 6.55. The quantitative estimate of drug-likeness (QED) is 0.390. The van der Waals surface area contributed by atoms with Crippen molar-refractivity contribution in [2.24, 2.45) is 0 Å². The maximum atomic E-state index is 13.2. The van der Waals surface area contributed by atoms with Crippen LogP contribution in [0.25, 0.3) is 5.76 Å². The summed E-state index contributed by atoms with van der Waals surface area (Å²) in [4.78, 5) is 27.7. The summed E-state index contributed by atoms with van der Waals surface area (Å²) in [6.07, 6.45) is 1.55. The van der Waals surface area contributed by atoms with Crippen LogP contribution in [-0.4, -0.2) is 62.3 Å². The van der Waals surface area contributed by atoms with Gasteiger partial charge in [-0.05, 0) is 54.8 Å². The van der Waals surface area contributed by atoms with Gasteiger partial charge in [-0.3, -0.25) is 9.59 Å². The fraction of sp³-hybridized carbons (Fsp3) is 0.360. The highest BCUT2D eigenvalue weighted by Gasteiger charge is 2.47. The van der Waals surface area contributed by atoms with Gasteiger partial charge < -0.3 is 29.0 Å². The molecule has 2 aliphatic heterocycles. The van der Waals surface area contributed by atoms with E-state index in [0.29, 0.717) is 35.0 Å². The van der Waals surface area contributed by atoms with Gasteiger partial charge in [0.05, 0.1) is 39.0 Å². The zero-order valence-electron chi connectivity index (χ0n) is 18.9. The van der Waals surface area contributed by atoms with E-state index in [1.165, 1.54) is 19.1 Å². The Bertz CT molecular complexity index is 1070. The van der Waals surface area contributed by atoms with Crippen molar-refractivity contribution in [1.82, 2.24) is 4.90 Å². The van der Waals surface area contributed by atoms with Crippen molar-refractivity contribution < 1.29 is 33.6 Å². The summed E-state index contributed by atoms with van der Waals surface area (Å²) in [6.45, 7) is 0.879. The molecule has 0 aromatic heterocycles. The van der Waals surface area contributed by atoms with E-state index in [-0.39, 0.29) is 24.0 Å². The summed E-state index contributed by atoms with van der Waals surface area (Å²) >= 11 is 0. The summed E-state index contributed by atoms with van der Waals surface area (Å²) < 4.78 is 21.7. The number of likely N-dealkylation sites (tertiary alicyclic amines) is 1. The normalized spacial score (nSPS) is 22.0. The standard InChI is InChI=1S/C25H27NO7/c1-30-17-9-6-15(7-10-17)23(27)21-22(16-8-11-19(31-2)20(13-16)32-3)26(25(29)24(21)28)14-18-5-4-12-33-18/h6-11,13,18,22,27H,4-5,12,14H2,1-3H3/b23-21+/t18-,22-/m0/s1. The monoisotopic (exact) mass is 453 g/mol. The number of rotatable bonds is 7. The van der Waals surface area contributed by atoms with E-state index >= 15 is 0 Å². The highest BCUT2D eigenvalue weighted by Crippen LogP contribution is 2.42. The topological polar surface area (TPSA) is 94.5 Å². The molecule has 4 rings (SSSR count). The molecular weight excluding hydrogens is 426 g/mol. The van der Waals surface area contributed by atoms with Crippen molar-refractivity contribution in [3.05, 3.63) is 59.2 Å². The molecule has 33 heavy (non-hydrogen) atoms. The minimum atomic E-state index is -0.795. The lowest BCUT2D eigenvalue weighted by molar-refractivity contribution is -0.140. The van der Waals surface area contributed by atoms with Crippen LogP contribution in [0.3, 0.4) is 0 Å². The number of carbonyl (C=O) groups excluding carboxylic acids is 2. The third-order valence-electron chi connectivity index (χ3n) is 6.05. The number of nitrogens with zero attached hydrogens (tertiary/aromatic N) is 1. The van der Waals surface area contributed by atoms with Crippen LogP contribution in [0.5, 0.6) is 17.2 Å². The highest BCUT2D eigenvalue weighted by molar-refractivity contribution is 6.46. The Morgan fingerprint density at radius 2 is 1.76 bits per heavy atom. The third kappa shape index (κ3) is 4.26. The lowest BCUT2D eigenvalue weighted by atomic mass is 9.94. The molecule has 174 valence electrons. The van der Waals surface area contributed by atoms with Gasteiger partial charge in [0.2, 0.25) is 0 Å². The van der Waals surface area contributed by atoms with Crippen molar-refractivity contribution in [3.63, 3.8) is 0 Å². The van der Waals surface area contributed by atoms with Crippen LogP contribution in [-0.2, 0) is 14.3 Å². The lowest BCUT2D eigenvalue weighted by Crippen LogP contribution is -2.36. The Hall–Kier alpha value is -3.52. The second kappa shape index (κ2) is 9.54. The number of ether oxygens (including phenoxy) is 4. The molecule has 2 aromatic rings. The van der Waals surface area contributed by atoms with Crippen LogP contribution >= 0.6 is 0 Å². The zero-order chi connectivity index (χ0) is 23.5. The minimum Gasteiger partial charge on any atom is -0.507 e. The van der Waals surface area contributed by atoms with E-state index < -0.39 is 17.7 Å². The molecule has 0 bridgehead atoms. The average Bonchev–Trinajstić information content (AvgIpc) is 3.45. The highest BCUT2D eigenvalue weighted by atomic mass is 16.5. The summed E-state index contributed by atoms with van der Waals surface area (Å²) in [7, 11) is 4.59. The second-order valence-electron chi connectivity index (χ2n) is 7.93. The Labute approximate surface area is 192 Å². The first-order chi connectivity index (χ1) is 16.0. The average molecular weight is 453 g/mol. The maximum Gasteiger partial charge on any atom is 0.295 e. The van der Waals surface area contributed by atoms with Crippen molar-refractivity contribution in [3.8, 4) is 17.2 Å². The van der Waals surface area contributed by atoms with E-state index in [4.69, 9.17) is 18.9 Å². The summed E-state index contributed by atoms with van der Waals surface area (Å²) in [5.41, 5.74) is 1.06. The van der Waals surface area contributed by atoms with Crippen molar-refractivity contribution in [1.29, 1.82) is 0 Å². The number of ketones is 1. The third-order valence-corrected chi connectivity index (χ3v) is 6.05. The molecule has 2 saturated heterocycles. The van der Waals surface area contributed by atoms with E-state index in [9.17, 15) is 14.7 Å². The number of amides is 1. The molecule has 1 N–H and O–H groups in total. The molecule has 2 heterocycles. The first-order valence-corrected chi connectivity index (χ1v) is 10.7. The number of benzene rings is 2. The fourth-order valence-corrected chi connectivity index (χ4v) is 4.35. The predicted octanol–water partition coefficient (Wildman–Crippen LogP) is 3.31. The summed E-state index contributed by atoms with van der Waals surface area (Å²) in [5.74, 6) is -0.0523. The molecule has 2 aromatic carbocycles. The minimum absolute atomic E-state index is 0.0235. The molecular formula is C25H27NO7. The number of methoxy groups -OCH3 is 3. The van der Waals surface area contributed by atoms with Gasteiger partial charge in [0.25, 0.3) is 11.7 Å². The second-order valence-corrected chi connectivity index (χ2v) is 7.93. The molecule has 0 spiro atoms. The molecule has 0 unspecified atom stereocenters. The Morgan fingerprint density at radius 1 is 1.03 bits per heavy atom. The Morgan fingerprint density at radius 3 is 2.36 bits per heavy atom. The van der Waals surface area contributed by atoms with Crippen molar-refractivity contribution in [2.45, 2.75) is 25.0 Å². The molecule has 8 nitrogen and oxygen atoms in total. The molecule has 2 aliphatic rings. The van der Waals surface area contributed by atoms with E-state index in [2.05, 4.69) is 0 Å². The largest absolute Gasteiger partial charge is 0.507 e. The zero-order valence-corrected chi connectivity index (χ0v) is 18.9. The van der Waals surface area contributed by atoms with Crippen LogP contribution in [0.15, 0.2) is 48.0 Å². The first-order valence-electron chi connectivity index (χ1n) is 10.7. The maximum absolute atomic E-state index is 13.2. The van der Waals surface area contributed by atoms with Gasteiger partial charge >= 0.3 is 0 Å². The van der Waals surface area contributed by atoms with Crippen LogP contribution in [0.1, 0.15) is 30.0 Å². The van der Waals surface area contributed by atoms with Gasteiger partial charge in [0, 0.05) is 18.7 Å². The predicted molar refractivity (Wildman–Crippen MR) is 121 cm³/mol. The van der Waals surface area contributed by atoms with Crippen LogP contribution in [0, 0.1) is 0 Å². The lowest BCUT2D eigenvalue weighted by Gasteiger charge is -2.28. The number of Topliss-reactive ketones (excluding diaryl/α,β-unsaturated/α-hetero) is 1. The molecule has 1 amide bonds. The molecule has 2 fully saturated rings. The van der Waals surface area contributed by atoms with E-state index in [1.807, 2.05) is 0 Å². The molecule has 0 aliphatic carbocycles. The number of hydrogen-bond acceptors (Lipinski definition) is 7. The van der Waals surface area contributed by atoms with Gasteiger partial charge in [-0.15, -0.1) is 0 Å². The van der Waals surface area contributed by atoms with E-state index in [0.717, 1.165) is 12.8 Å². The van der Waals surface area contributed by atoms with Crippen molar-refractivity contribution >= 4 is 17.4 Å². The van der Waals surface area contributed by atoms with Gasteiger partial charge in [0.1, 0.15) is 11.5 Å². The smallest absolute Gasteiger partial charge is 0.295 e. The van der Waals surface area contributed by atoms with Crippen LogP contribution in [0.2, 0.25) is 0 Å². The molecule has 0 radical (unpaired) electrons. The van der Waals surface area contributed by atoms with Crippen LogP contribution < -0.4 is 14.2 Å². The van der Waals surface area contributed by atoms with Crippen molar-refractivity contribution in [2.75, 3.05) is 34.5 Å². The first kappa shape index (κ1) is 22.7. The number of carbonyl (C=O) groups is 2. The molecule has 2 atom stereocenters. The van der Waals surface area contributed by atoms with E-state index in [1.54, 1.807) is 49.6 Å². The summed E-state index contributed by atoms with van der Waals surface area (Å²) in [6, 6.07) is 11.1. The SMILES string of the molecule is COc1ccc(/C(O)=C2\C(=O)C(=O)N(C[C@@H]3CCCO3)[C@H]2c2ccc(OC)c(OC)c2)cc1. The van der Waals surface area contributed by atoms with Gasteiger partial charge in [-0.1, -0.05) is 6.07 Å². The Balaban J connectivity index is 1.83. The molecule has 8 heteroatoms. The molecule has 0 saturated carbocycles. The number of aliphatic hydroxyl groups excluding tert-OH is 1. The number of aliphatic hydroxyl groups is 1. The fourth-order valence-electron chi connectivity index (χ4n) is 4.35. The van der Waals surface area contributed by atoms with Gasteiger partial charge in [-0.2, -0.15) is 0 Å².